The minimum atomic E-state index is -0.633. The van der Waals surface area contributed by atoms with Gasteiger partial charge in [-0.2, -0.15) is 10.4 Å². The molecule has 0 fully saturated rings. The van der Waals surface area contributed by atoms with E-state index in [1.54, 1.807) is 24.3 Å². The summed E-state index contributed by atoms with van der Waals surface area (Å²) in [5, 5.41) is 12.6. The van der Waals surface area contributed by atoms with Crippen LogP contribution in [0.3, 0.4) is 0 Å². The summed E-state index contributed by atoms with van der Waals surface area (Å²) in [4.78, 5) is 11.8. The van der Waals surface area contributed by atoms with Gasteiger partial charge in [-0.05, 0) is 43.3 Å². The molecular formula is C17H12Cl2FN3O2. The van der Waals surface area contributed by atoms with Crippen molar-refractivity contribution in [3.8, 4) is 11.8 Å². The van der Waals surface area contributed by atoms with Gasteiger partial charge < -0.3 is 4.74 Å². The molecule has 1 amide bonds. The fourth-order valence-corrected chi connectivity index (χ4v) is 2.51. The molecule has 8 heteroatoms. The average Bonchev–Trinajstić information content (AvgIpc) is 2.62. The lowest BCUT2D eigenvalue weighted by atomic mass is 10.1. The molecule has 0 radical (unpaired) electrons. The highest BCUT2D eigenvalue weighted by Crippen LogP contribution is 2.27. The van der Waals surface area contributed by atoms with Gasteiger partial charge in [0.1, 0.15) is 11.6 Å². The second kappa shape index (κ2) is 8.47. The van der Waals surface area contributed by atoms with Crippen molar-refractivity contribution >= 4 is 34.8 Å². The molecule has 0 saturated heterocycles. The predicted octanol–water partition coefficient (Wildman–Crippen LogP) is 3.92. The SMILES string of the molecule is C/C(=N/NC(=O)COc1ccc(C#N)cc1)c1c(Cl)ccc(F)c1Cl. The van der Waals surface area contributed by atoms with E-state index in [1.165, 1.54) is 13.0 Å². The van der Waals surface area contributed by atoms with Crippen LogP contribution in [-0.2, 0) is 4.79 Å². The van der Waals surface area contributed by atoms with Gasteiger partial charge in [0.25, 0.3) is 5.91 Å². The maximum absolute atomic E-state index is 13.5. The van der Waals surface area contributed by atoms with E-state index in [9.17, 15) is 9.18 Å². The number of amides is 1. The standard InChI is InChI=1S/C17H12Cl2FN3O2/c1-10(16-13(18)6-7-14(20)17(16)19)22-23-15(24)9-25-12-4-2-11(8-21)3-5-12/h2-7H,9H2,1H3,(H,23,24)/b22-10-. The maximum atomic E-state index is 13.5. The van der Waals surface area contributed by atoms with Crippen LogP contribution < -0.4 is 10.2 Å². The van der Waals surface area contributed by atoms with Gasteiger partial charge in [0.2, 0.25) is 0 Å². The highest BCUT2D eigenvalue weighted by atomic mass is 35.5. The van der Waals surface area contributed by atoms with Gasteiger partial charge in [-0.3, -0.25) is 4.79 Å². The summed E-state index contributed by atoms with van der Waals surface area (Å²) >= 11 is 11.9. The zero-order valence-electron chi connectivity index (χ0n) is 13.0. The van der Waals surface area contributed by atoms with Crippen LogP contribution in [0.25, 0.3) is 0 Å². The number of nitrogens with one attached hydrogen (secondary N) is 1. The highest BCUT2D eigenvalue weighted by Gasteiger charge is 2.14. The molecule has 0 unspecified atom stereocenters. The minimum absolute atomic E-state index is 0.170. The third kappa shape index (κ3) is 4.92. The van der Waals surface area contributed by atoms with Gasteiger partial charge in [0.05, 0.1) is 27.4 Å². The van der Waals surface area contributed by atoms with Crippen LogP contribution in [0.4, 0.5) is 4.39 Å². The summed E-state index contributed by atoms with van der Waals surface area (Å²) in [6, 6.07) is 10.8. The fraction of sp³-hybridized carbons (Fsp3) is 0.118. The Balaban J connectivity index is 1.97. The van der Waals surface area contributed by atoms with Crippen molar-refractivity contribution < 1.29 is 13.9 Å². The highest BCUT2D eigenvalue weighted by molar-refractivity contribution is 6.40. The van der Waals surface area contributed by atoms with Gasteiger partial charge >= 0.3 is 0 Å². The predicted molar refractivity (Wildman–Crippen MR) is 93.4 cm³/mol. The Morgan fingerprint density at radius 2 is 1.96 bits per heavy atom. The molecule has 0 aliphatic rings. The Kier molecular flexibility index (Phi) is 6.34. The zero-order chi connectivity index (χ0) is 18.4. The van der Waals surface area contributed by atoms with E-state index in [2.05, 4.69) is 10.5 Å². The molecule has 0 aliphatic heterocycles. The summed E-state index contributed by atoms with van der Waals surface area (Å²) in [6.07, 6.45) is 0. The summed E-state index contributed by atoms with van der Waals surface area (Å²) in [6.45, 7) is 1.25. The minimum Gasteiger partial charge on any atom is -0.484 e. The monoisotopic (exact) mass is 379 g/mol. The number of carbonyl (C=O) groups is 1. The number of halogens is 3. The van der Waals surface area contributed by atoms with Crippen molar-refractivity contribution in [3.05, 3.63) is 63.4 Å². The molecule has 0 atom stereocenters. The largest absolute Gasteiger partial charge is 0.484 e. The molecule has 2 aromatic rings. The number of nitrogens with zero attached hydrogens (tertiary/aromatic N) is 2. The molecule has 0 heterocycles. The van der Waals surface area contributed by atoms with E-state index in [1.807, 2.05) is 6.07 Å². The van der Waals surface area contributed by atoms with Crippen LogP contribution in [0.2, 0.25) is 10.0 Å². The summed E-state index contributed by atoms with van der Waals surface area (Å²) in [5.74, 6) is -0.718. The summed E-state index contributed by atoms with van der Waals surface area (Å²) < 4.78 is 18.8. The topological polar surface area (TPSA) is 74.5 Å². The molecule has 0 bridgehead atoms. The number of hydrogen-bond acceptors (Lipinski definition) is 4. The van der Waals surface area contributed by atoms with Crippen molar-refractivity contribution in [2.24, 2.45) is 5.10 Å². The number of ether oxygens (including phenoxy) is 1. The van der Waals surface area contributed by atoms with Crippen LogP contribution in [0.15, 0.2) is 41.5 Å². The molecule has 2 aromatic carbocycles. The average molecular weight is 380 g/mol. The molecule has 5 nitrogen and oxygen atoms in total. The van der Waals surface area contributed by atoms with E-state index in [4.69, 9.17) is 33.2 Å². The van der Waals surface area contributed by atoms with Crippen LogP contribution >= 0.6 is 23.2 Å². The van der Waals surface area contributed by atoms with Crippen LogP contribution in [0.1, 0.15) is 18.1 Å². The first-order valence-corrected chi connectivity index (χ1v) is 7.78. The Hall–Kier alpha value is -2.62. The summed E-state index contributed by atoms with van der Waals surface area (Å²) in [7, 11) is 0. The third-order valence-electron chi connectivity index (χ3n) is 3.11. The van der Waals surface area contributed by atoms with Gasteiger partial charge in [0, 0.05) is 5.56 Å². The van der Waals surface area contributed by atoms with Crippen molar-refractivity contribution in [1.29, 1.82) is 5.26 Å². The Labute approximate surface area is 153 Å². The molecule has 128 valence electrons. The smallest absolute Gasteiger partial charge is 0.277 e. The molecule has 1 N–H and O–H groups in total. The maximum Gasteiger partial charge on any atom is 0.277 e. The van der Waals surface area contributed by atoms with Crippen LogP contribution in [-0.4, -0.2) is 18.2 Å². The first-order chi connectivity index (χ1) is 11.9. The van der Waals surface area contributed by atoms with Gasteiger partial charge in [0.15, 0.2) is 6.61 Å². The lowest BCUT2D eigenvalue weighted by Crippen LogP contribution is -2.25. The quantitative estimate of drug-likeness (QED) is 0.485. The van der Waals surface area contributed by atoms with E-state index in [0.717, 1.165) is 6.07 Å². The normalized spacial score (nSPS) is 10.9. The number of hydrogen-bond donors (Lipinski definition) is 1. The van der Waals surface area contributed by atoms with E-state index >= 15 is 0 Å². The van der Waals surface area contributed by atoms with Gasteiger partial charge in [-0.1, -0.05) is 23.2 Å². The Morgan fingerprint density at radius 3 is 2.60 bits per heavy atom. The number of carbonyl (C=O) groups excluding carboxylic acids is 1. The van der Waals surface area contributed by atoms with Gasteiger partial charge in [-0.25, -0.2) is 9.82 Å². The molecule has 2 rings (SSSR count). The van der Waals surface area contributed by atoms with E-state index in [-0.39, 0.29) is 27.9 Å². The lowest BCUT2D eigenvalue weighted by molar-refractivity contribution is -0.123. The molecule has 0 aromatic heterocycles. The molecule has 25 heavy (non-hydrogen) atoms. The first-order valence-electron chi connectivity index (χ1n) is 7.02. The lowest BCUT2D eigenvalue weighted by Gasteiger charge is -2.08. The van der Waals surface area contributed by atoms with E-state index < -0.39 is 11.7 Å². The second-order valence-corrected chi connectivity index (χ2v) is 5.66. The van der Waals surface area contributed by atoms with Gasteiger partial charge in [-0.15, -0.1) is 0 Å². The number of rotatable bonds is 5. The Morgan fingerprint density at radius 1 is 1.28 bits per heavy atom. The fourth-order valence-electron chi connectivity index (χ4n) is 1.87. The molecule has 0 aliphatic carbocycles. The third-order valence-corrected chi connectivity index (χ3v) is 3.79. The number of benzene rings is 2. The van der Waals surface area contributed by atoms with Crippen LogP contribution in [0.5, 0.6) is 5.75 Å². The number of nitriles is 1. The summed E-state index contributed by atoms with van der Waals surface area (Å²) in [5.41, 5.74) is 3.22. The van der Waals surface area contributed by atoms with Crippen molar-refractivity contribution in [2.75, 3.05) is 6.61 Å². The zero-order valence-corrected chi connectivity index (χ0v) is 14.5. The van der Waals surface area contributed by atoms with Crippen molar-refractivity contribution in [1.82, 2.24) is 5.43 Å². The van der Waals surface area contributed by atoms with E-state index in [0.29, 0.717) is 11.3 Å². The van der Waals surface area contributed by atoms with Crippen molar-refractivity contribution in [3.63, 3.8) is 0 Å². The molecular weight excluding hydrogens is 368 g/mol. The number of hydrazone groups is 1. The second-order valence-electron chi connectivity index (χ2n) is 4.88. The Bertz CT molecular complexity index is 861. The molecule has 0 spiro atoms. The first kappa shape index (κ1) is 18.7. The molecule has 0 saturated carbocycles. The van der Waals surface area contributed by atoms with Crippen molar-refractivity contribution in [2.45, 2.75) is 6.92 Å². The van der Waals surface area contributed by atoms with Crippen LogP contribution in [0, 0.1) is 17.1 Å².